The number of nitrogens with zero attached hydrogens (tertiary/aromatic N) is 2. The number of hydrogen-bond donors (Lipinski definition) is 1. The predicted molar refractivity (Wildman–Crippen MR) is 72.5 cm³/mol. The fourth-order valence-electron chi connectivity index (χ4n) is 2.87. The second kappa shape index (κ2) is 5.78. The number of nitrogens with one attached hydrogen (secondary N) is 1. The van der Waals surface area contributed by atoms with Crippen LogP contribution in [0, 0.1) is 17.8 Å². The Labute approximate surface area is 112 Å². The summed E-state index contributed by atoms with van der Waals surface area (Å²) in [5, 5.41) is 6.89. The Hall–Kier alpha value is -0.970. The zero-order chi connectivity index (χ0) is 13.1. The lowest BCUT2D eigenvalue weighted by atomic mass is 9.74. The maximum Gasteiger partial charge on any atom is 0.264 e. The Morgan fingerprint density at radius 1 is 1.50 bits per heavy atom. The van der Waals surface area contributed by atoms with Gasteiger partial charge in [0.15, 0.2) is 0 Å². The Kier molecular flexibility index (Phi) is 4.32. The van der Waals surface area contributed by atoms with Gasteiger partial charge in [0.1, 0.15) is 4.88 Å². The molecule has 4 nitrogen and oxygen atoms in total. The Morgan fingerprint density at radius 2 is 2.28 bits per heavy atom. The summed E-state index contributed by atoms with van der Waals surface area (Å²) in [6, 6.07) is 0.295. The highest BCUT2D eigenvalue weighted by molar-refractivity contribution is 7.07. The van der Waals surface area contributed by atoms with Crippen LogP contribution >= 0.6 is 11.5 Å². The molecule has 1 amide bonds. The monoisotopic (exact) mass is 267 g/mol. The van der Waals surface area contributed by atoms with Gasteiger partial charge >= 0.3 is 0 Å². The summed E-state index contributed by atoms with van der Waals surface area (Å²) in [5.74, 6) is 1.88. The molecule has 1 fully saturated rings. The molecule has 1 aromatic rings. The molecule has 0 bridgehead atoms. The smallest absolute Gasteiger partial charge is 0.264 e. The molecule has 18 heavy (non-hydrogen) atoms. The number of carbonyl (C=O) groups excluding carboxylic acids is 1. The molecule has 5 heteroatoms. The summed E-state index contributed by atoms with van der Waals surface area (Å²) in [4.78, 5) is 12.7. The van der Waals surface area contributed by atoms with Gasteiger partial charge in [0.05, 0.1) is 6.20 Å². The first-order valence-electron chi connectivity index (χ1n) is 6.66. The SMILES string of the molecule is CC1CCC(C(C)C)C(NC(=O)c2cnns2)C1. The molecule has 1 N–H and O–H groups in total. The Morgan fingerprint density at radius 3 is 2.89 bits per heavy atom. The minimum Gasteiger partial charge on any atom is -0.348 e. The minimum absolute atomic E-state index is 0.0187. The van der Waals surface area contributed by atoms with Gasteiger partial charge in [-0.3, -0.25) is 4.79 Å². The van der Waals surface area contributed by atoms with Gasteiger partial charge in [0, 0.05) is 6.04 Å². The van der Waals surface area contributed by atoms with Crippen LogP contribution in [-0.2, 0) is 0 Å². The van der Waals surface area contributed by atoms with Crippen LogP contribution in [0.2, 0.25) is 0 Å². The standard InChI is InChI=1S/C13H21N3OS/c1-8(2)10-5-4-9(3)6-11(10)15-13(17)12-7-14-16-18-12/h7-11H,4-6H2,1-3H3,(H,15,17). The molecule has 1 heterocycles. The van der Waals surface area contributed by atoms with E-state index in [0.717, 1.165) is 18.0 Å². The molecule has 0 spiro atoms. The van der Waals surface area contributed by atoms with Crippen molar-refractivity contribution in [3.63, 3.8) is 0 Å². The van der Waals surface area contributed by atoms with Gasteiger partial charge in [0.25, 0.3) is 5.91 Å². The van der Waals surface area contributed by atoms with Crippen molar-refractivity contribution in [2.75, 3.05) is 0 Å². The number of rotatable bonds is 3. The summed E-state index contributed by atoms with van der Waals surface area (Å²) >= 11 is 1.16. The average molecular weight is 267 g/mol. The third kappa shape index (κ3) is 3.07. The van der Waals surface area contributed by atoms with Crippen LogP contribution in [0.1, 0.15) is 49.7 Å². The molecule has 0 radical (unpaired) electrons. The van der Waals surface area contributed by atoms with Crippen molar-refractivity contribution in [3.05, 3.63) is 11.1 Å². The largest absolute Gasteiger partial charge is 0.348 e. The van der Waals surface area contributed by atoms with E-state index in [2.05, 4.69) is 35.7 Å². The predicted octanol–water partition coefficient (Wildman–Crippen LogP) is 2.73. The number of hydrogen-bond acceptors (Lipinski definition) is 4. The normalized spacial score (nSPS) is 28.3. The van der Waals surface area contributed by atoms with Crippen molar-refractivity contribution in [1.82, 2.24) is 14.9 Å². The van der Waals surface area contributed by atoms with Gasteiger partial charge in [-0.25, -0.2) is 0 Å². The Balaban J connectivity index is 2.02. The van der Waals surface area contributed by atoms with Crippen LogP contribution in [0.15, 0.2) is 6.20 Å². The van der Waals surface area contributed by atoms with Crippen LogP contribution in [0.25, 0.3) is 0 Å². The van der Waals surface area contributed by atoms with Gasteiger partial charge < -0.3 is 5.32 Å². The Bertz CT molecular complexity index is 391. The molecule has 1 aliphatic carbocycles. The molecule has 1 aromatic heterocycles. The number of amides is 1. The van der Waals surface area contributed by atoms with E-state index < -0.39 is 0 Å². The van der Waals surface area contributed by atoms with E-state index in [1.165, 1.54) is 19.0 Å². The van der Waals surface area contributed by atoms with Crippen LogP contribution in [0.4, 0.5) is 0 Å². The minimum atomic E-state index is -0.0187. The average Bonchev–Trinajstić information content (AvgIpc) is 2.81. The van der Waals surface area contributed by atoms with E-state index >= 15 is 0 Å². The van der Waals surface area contributed by atoms with E-state index in [1.807, 2.05) is 0 Å². The van der Waals surface area contributed by atoms with Crippen LogP contribution in [-0.4, -0.2) is 21.5 Å². The third-order valence-corrected chi connectivity index (χ3v) is 4.59. The van der Waals surface area contributed by atoms with Crippen molar-refractivity contribution < 1.29 is 4.79 Å². The molecular weight excluding hydrogens is 246 g/mol. The highest BCUT2D eigenvalue weighted by Crippen LogP contribution is 2.33. The molecule has 3 atom stereocenters. The first-order valence-corrected chi connectivity index (χ1v) is 7.43. The van der Waals surface area contributed by atoms with Crippen LogP contribution in [0.5, 0.6) is 0 Å². The molecule has 1 saturated carbocycles. The summed E-state index contributed by atoms with van der Waals surface area (Å²) in [6.07, 6.45) is 5.11. The zero-order valence-corrected chi connectivity index (χ0v) is 12.0. The fraction of sp³-hybridized carbons (Fsp3) is 0.769. The maximum absolute atomic E-state index is 12.1. The molecule has 3 unspecified atom stereocenters. The van der Waals surface area contributed by atoms with Crippen LogP contribution < -0.4 is 5.32 Å². The molecule has 2 rings (SSSR count). The molecule has 0 aromatic carbocycles. The van der Waals surface area contributed by atoms with Gasteiger partial charge in [-0.2, -0.15) is 0 Å². The lowest BCUT2D eigenvalue weighted by Gasteiger charge is -2.37. The number of aromatic nitrogens is 2. The lowest BCUT2D eigenvalue weighted by molar-refractivity contribution is 0.0872. The van der Waals surface area contributed by atoms with E-state index in [0.29, 0.717) is 28.7 Å². The highest BCUT2D eigenvalue weighted by atomic mass is 32.1. The van der Waals surface area contributed by atoms with Crippen molar-refractivity contribution in [3.8, 4) is 0 Å². The zero-order valence-electron chi connectivity index (χ0n) is 11.2. The van der Waals surface area contributed by atoms with E-state index in [9.17, 15) is 4.79 Å². The van der Waals surface area contributed by atoms with E-state index in [-0.39, 0.29) is 5.91 Å². The number of carbonyl (C=O) groups is 1. The summed E-state index contributed by atoms with van der Waals surface area (Å²) < 4.78 is 3.74. The van der Waals surface area contributed by atoms with Gasteiger partial charge in [0.2, 0.25) is 0 Å². The molecule has 100 valence electrons. The summed E-state index contributed by atoms with van der Waals surface area (Å²) in [5.41, 5.74) is 0. The molecule has 0 aliphatic heterocycles. The van der Waals surface area contributed by atoms with Gasteiger partial charge in [-0.05, 0) is 42.1 Å². The third-order valence-electron chi connectivity index (χ3n) is 3.92. The molecule has 1 aliphatic rings. The second-order valence-corrected chi connectivity index (χ2v) is 6.47. The van der Waals surface area contributed by atoms with Crippen molar-refractivity contribution >= 4 is 17.4 Å². The fourth-order valence-corrected chi connectivity index (χ4v) is 3.29. The highest BCUT2D eigenvalue weighted by Gasteiger charge is 2.32. The maximum atomic E-state index is 12.1. The van der Waals surface area contributed by atoms with Gasteiger partial charge in [-0.1, -0.05) is 31.7 Å². The lowest BCUT2D eigenvalue weighted by Crippen LogP contribution is -2.45. The quantitative estimate of drug-likeness (QED) is 0.916. The molecular formula is C13H21N3OS. The van der Waals surface area contributed by atoms with Gasteiger partial charge in [-0.15, -0.1) is 5.10 Å². The first-order chi connectivity index (χ1) is 8.58. The van der Waals surface area contributed by atoms with E-state index in [1.54, 1.807) is 0 Å². The summed E-state index contributed by atoms with van der Waals surface area (Å²) in [6.45, 7) is 6.76. The van der Waals surface area contributed by atoms with Crippen molar-refractivity contribution in [1.29, 1.82) is 0 Å². The van der Waals surface area contributed by atoms with Crippen molar-refractivity contribution in [2.45, 2.75) is 46.1 Å². The molecule has 0 saturated heterocycles. The first kappa shape index (κ1) is 13.5. The topological polar surface area (TPSA) is 54.9 Å². The van der Waals surface area contributed by atoms with Crippen molar-refractivity contribution in [2.24, 2.45) is 17.8 Å². The second-order valence-electron chi connectivity index (χ2n) is 5.69. The summed E-state index contributed by atoms with van der Waals surface area (Å²) in [7, 11) is 0. The van der Waals surface area contributed by atoms with E-state index in [4.69, 9.17) is 0 Å². The van der Waals surface area contributed by atoms with Crippen LogP contribution in [0.3, 0.4) is 0 Å².